The topological polar surface area (TPSA) is 6.48 Å². The molecule has 4 aliphatic carbocycles. The molecule has 0 aromatic rings. The van der Waals surface area contributed by atoms with Gasteiger partial charge in [-0.1, -0.05) is 268 Å². The van der Waals surface area contributed by atoms with Crippen LogP contribution in [0.4, 0.5) is 0 Å². The molecule has 4 rings (SSSR count). The molecule has 0 aromatic heterocycles. The van der Waals surface area contributed by atoms with E-state index in [1.165, 1.54) is 243 Å². The van der Waals surface area contributed by atoms with E-state index in [0.717, 1.165) is 59.4 Å². The normalized spacial score (nSPS) is 24.9. The first-order valence-electron chi connectivity index (χ1n) is 32.1. The average Bonchev–Trinajstić information content (AvgIpc) is 4.18. The van der Waals surface area contributed by atoms with Crippen LogP contribution in [0.15, 0.2) is 0 Å². The van der Waals surface area contributed by atoms with E-state index in [2.05, 4.69) is 73.2 Å². The van der Waals surface area contributed by atoms with Gasteiger partial charge in [0.25, 0.3) is 0 Å². The second-order valence-electron chi connectivity index (χ2n) is 24.9. The summed E-state index contributed by atoms with van der Waals surface area (Å²) in [4.78, 5) is 5.58. The summed E-state index contributed by atoms with van der Waals surface area (Å²) in [6.45, 7) is 11.9. The van der Waals surface area contributed by atoms with Gasteiger partial charge in [-0.05, 0) is 126 Å². The van der Waals surface area contributed by atoms with Crippen molar-refractivity contribution in [3.05, 3.63) is 0 Å². The van der Waals surface area contributed by atoms with E-state index in [9.17, 15) is 0 Å². The third-order valence-electron chi connectivity index (χ3n) is 18.7. The van der Waals surface area contributed by atoms with Crippen LogP contribution in [0.5, 0.6) is 0 Å². The fourth-order valence-electron chi connectivity index (χ4n) is 13.2. The molecule has 0 heterocycles. The number of hydrogen-bond donors (Lipinski definition) is 0. The number of unbranched alkanes of at least 4 members (excludes halogenated alkanes) is 24. The van der Waals surface area contributed by atoms with Crippen LogP contribution in [0.1, 0.15) is 310 Å². The lowest BCUT2D eigenvalue weighted by molar-refractivity contribution is 0.220. The van der Waals surface area contributed by atoms with Gasteiger partial charge in [0.15, 0.2) is 0 Å². The Bertz CT molecular complexity index is 1050. The molecule has 68 heavy (non-hydrogen) atoms. The van der Waals surface area contributed by atoms with E-state index in [0.29, 0.717) is 0 Å². The fourth-order valence-corrected chi connectivity index (χ4v) is 15.3. The first-order chi connectivity index (χ1) is 33.5. The molecule has 10 atom stereocenters. The summed E-state index contributed by atoms with van der Waals surface area (Å²) in [5, 5.41) is 0. The highest BCUT2D eigenvalue weighted by Crippen LogP contribution is 2.55. The molecular formula is C64H124N2S2. The van der Waals surface area contributed by atoms with E-state index in [4.69, 9.17) is 0 Å². The monoisotopic (exact) mass is 985 g/mol. The van der Waals surface area contributed by atoms with Crippen molar-refractivity contribution in [2.45, 2.75) is 322 Å². The second-order valence-corrected chi connectivity index (χ2v) is 27.6. The smallest absolute Gasteiger partial charge is 0.0165 e. The van der Waals surface area contributed by atoms with Crippen molar-refractivity contribution in [1.29, 1.82) is 0 Å². The molecule has 0 bridgehead atoms. The largest absolute Gasteiger partial charge is 0.303 e. The van der Waals surface area contributed by atoms with Crippen molar-refractivity contribution < 1.29 is 0 Å². The van der Waals surface area contributed by atoms with E-state index < -0.39 is 0 Å². The van der Waals surface area contributed by atoms with E-state index in [1.807, 2.05) is 0 Å². The molecule has 0 amide bonds. The lowest BCUT2D eigenvalue weighted by Crippen LogP contribution is -2.34. The van der Waals surface area contributed by atoms with Gasteiger partial charge in [0.2, 0.25) is 0 Å². The highest BCUT2D eigenvalue weighted by atomic mass is 33.1. The van der Waals surface area contributed by atoms with E-state index in [1.54, 1.807) is 64.2 Å². The Morgan fingerprint density at radius 2 is 0.544 bits per heavy atom. The average molecular weight is 986 g/mol. The van der Waals surface area contributed by atoms with Crippen LogP contribution in [-0.2, 0) is 0 Å². The molecule has 0 saturated heterocycles. The van der Waals surface area contributed by atoms with Crippen molar-refractivity contribution in [3.8, 4) is 0 Å². The zero-order chi connectivity index (χ0) is 48.3. The molecule has 10 unspecified atom stereocenters. The minimum Gasteiger partial charge on any atom is -0.303 e. The van der Waals surface area contributed by atoms with Gasteiger partial charge in [-0.3, -0.25) is 0 Å². The molecule has 0 aliphatic heterocycles. The zero-order valence-electron chi connectivity index (χ0n) is 47.4. The Labute approximate surface area is 437 Å². The quantitative estimate of drug-likeness (QED) is 0.0442. The van der Waals surface area contributed by atoms with Crippen LogP contribution in [0.3, 0.4) is 0 Å². The lowest BCUT2D eigenvalue weighted by atomic mass is 9.98. The van der Waals surface area contributed by atoms with Crippen molar-refractivity contribution in [1.82, 2.24) is 9.80 Å². The number of hydrogen-bond acceptors (Lipinski definition) is 4. The summed E-state index contributed by atoms with van der Waals surface area (Å²) in [5.74, 6) is 11.6. The van der Waals surface area contributed by atoms with Crippen LogP contribution < -0.4 is 0 Å². The predicted octanol–water partition coefficient (Wildman–Crippen LogP) is 21.2. The van der Waals surface area contributed by atoms with Crippen molar-refractivity contribution in [2.24, 2.45) is 47.3 Å². The van der Waals surface area contributed by atoms with Crippen molar-refractivity contribution in [2.75, 3.05) is 38.7 Å². The van der Waals surface area contributed by atoms with Gasteiger partial charge >= 0.3 is 0 Å². The highest BCUT2D eigenvalue weighted by Gasteiger charge is 2.45. The number of nitrogens with zero attached hydrogens (tertiary/aromatic N) is 2. The zero-order valence-corrected chi connectivity index (χ0v) is 49.1. The summed E-state index contributed by atoms with van der Waals surface area (Å²) in [6.07, 6.45) is 65.1. The van der Waals surface area contributed by atoms with Crippen molar-refractivity contribution >= 4 is 21.6 Å². The molecule has 4 heteroatoms. The molecule has 4 fully saturated rings. The summed E-state index contributed by atoms with van der Waals surface area (Å²) in [5.41, 5.74) is 0. The Kier molecular flexibility index (Phi) is 36.0. The molecule has 402 valence electrons. The van der Waals surface area contributed by atoms with Crippen molar-refractivity contribution in [3.63, 3.8) is 0 Å². The van der Waals surface area contributed by atoms with Crippen LogP contribution in [0.25, 0.3) is 0 Å². The summed E-state index contributed by atoms with van der Waals surface area (Å²) < 4.78 is 0. The first kappa shape index (κ1) is 61.2. The summed E-state index contributed by atoms with van der Waals surface area (Å²) in [7, 11) is 9.29. The standard InChI is InChI=1S/C64H124N2S2/c1-7-11-15-17-19-25-33-41-63(43-35-27-21-23-31-39-57-51-61(57)53-59-49-55(59)37-29-13-9-3)65(5)45-47-67-68-48-46-66(6)64(42-34-26-20-18-16-12-8-2)44-36-28-22-24-32-40-58-52-62(58)54-60-50-56(60)38-30-14-10-4/h55-64H,7-54H2,1-6H3. The molecule has 0 radical (unpaired) electrons. The minimum absolute atomic E-state index is 0.797. The minimum atomic E-state index is 0.797. The fraction of sp³-hybridized carbons (Fsp3) is 1.00. The Hall–Kier alpha value is 0.620. The molecule has 2 nitrogen and oxygen atoms in total. The van der Waals surface area contributed by atoms with E-state index in [-0.39, 0.29) is 0 Å². The van der Waals surface area contributed by atoms with Crippen LogP contribution in [-0.4, -0.2) is 60.6 Å². The SMILES string of the molecule is CCCCCCCCCC(CCCCCCCC1CC1CC1CC1CCCCC)N(C)CCSSCCN(C)C(CCCCCCCCC)CCCCCCCC1CC1CC1CC1CCCCC. The van der Waals surface area contributed by atoms with Gasteiger partial charge in [0, 0.05) is 36.7 Å². The second kappa shape index (κ2) is 40.0. The molecule has 4 aliphatic rings. The third-order valence-corrected chi connectivity index (χ3v) is 21.1. The summed E-state index contributed by atoms with van der Waals surface area (Å²) in [6, 6.07) is 1.59. The van der Waals surface area contributed by atoms with Gasteiger partial charge in [-0.25, -0.2) is 0 Å². The van der Waals surface area contributed by atoms with Gasteiger partial charge < -0.3 is 9.80 Å². The van der Waals surface area contributed by atoms with Gasteiger partial charge in [0.1, 0.15) is 0 Å². The Morgan fingerprint density at radius 1 is 0.309 bits per heavy atom. The molecule has 0 aromatic carbocycles. The molecular weight excluding hydrogens is 861 g/mol. The van der Waals surface area contributed by atoms with Crippen LogP contribution >= 0.6 is 21.6 Å². The van der Waals surface area contributed by atoms with E-state index >= 15 is 0 Å². The van der Waals surface area contributed by atoms with Gasteiger partial charge in [-0.2, -0.15) is 0 Å². The molecule has 0 spiro atoms. The van der Waals surface area contributed by atoms with Crippen LogP contribution in [0.2, 0.25) is 0 Å². The summed E-state index contributed by atoms with van der Waals surface area (Å²) >= 11 is 0. The molecule has 0 N–H and O–H groups in total. The maximum absolute atomic E-state index is 2.79. The maximum Gasteiger partial charge on any atom is 0.0165 e. The third kappa shape index (κ3) is 30.1. The lowest BCUT2D eigenvalue weighted by Gasteiger charge is -2.29. The van der Waals surface area contributed by atoms with Gasteiger partial charge in [0.05, 0.1) is 0 Å². The maximum atomic E-state index is 2.79. The molecule has 4 saturated carbocycles. The first-order valence-corrected chi connectivity index (χ1v) is 34.6. The highest BCUT2D eigenvalue weighted by molar-refractivity contribution is 8.76. The van der Waals surface area contributed by atoms with Gasteiger partial charge in [-0.15, -0.1) is 0 Å². The Balaban J connectivity index is 1.04. The predicted molar refractivity (Wildman–Crippen MR) is 312 cm³/mol. The van der Waals surface area contributed by atoms with Crippen LogP contribution in [0, 0.1) is 47.3 Å². The Morgan fingerprint density at radius 3 is 0.838 bits per heavy atom. The number of rotatable bonds is 53.